The van der Waals surface area contributed by atoms with Crippen molar-refractivity contribution in [3.8, 4) is 0 Å². The quantitative estimate of drug-likeness (QED) is 0.765. The maximum Gasteiger partial charge on any atom is 0.325 e. The Morgan fingerprint density at radius 2 is 2.00 bits per heavy atom. The van der Waals surface area contributed by atoms with Crippen LogP contribution in [0, 0.1) is 6.92 Å². The summed E-state index contributed by atoms with van der Waals surface area (Å²) in [5.41, 5.74) is 1.41. The van der Waals surface area contributed by atoms with Crippen molar-refractivity contribution >= 4 is 11.9 Å². The summed E-state index contributed by atoms with van der Waals surface area (Å²) in [7, 11) is 0. The van der Waals surface area contributed by atoms with E-state index < -0.39 is 5.97 Å². The van der Waals surface area contributed by atoms with E-state index in [1.54, 1.807) is 13.8 Å². The molecule has 116 valence electrons. The van der Waals surface area contributed by atoms with Gasteiger partial charge in [0.05, 0.1) is 12.3 Å². The molecular weight excluding hydrogens is 284 g/mol. The zero-order valence-electron chi connectivity index (χ0n) is 12.6. The predicted molar refractivity (Wildman–Crippen MR) is 79.1 cm³/mol. The molecule has 2 rings (SSSR count). The number of oxazole rings is 1. The van der Waals surface area contributed by atoms with Crippen LogP contribution >= 0.6 is 0 Å². The molecule has 1 aromatic heterocycles. The number of ether oxygens (including phenoxy) is 1. The molecule has 0 N–H and O–H groups in total. The minimum absolute atomic E-state index is 0.137. The second kappa shape index (κ2) is 7.40. The Labute approximate surface area is 128 Å². The first kappa shape index (κ1) is 15.8. The van der Waals surface area contributed by atoms with E-state index in [9.17, 15) is 9.59 Å². The van der Waals surface area contributed by atoms with Crippen molar-refractivity contribution in [1.29, 1.82) is 0 Å². The molecule has 1 aromatic carbocycles. The van der Waals surface area contributed by atoms with Crippen LogP contribution in [0.15, 0.2) is 41.1 Å². The molecule has 1 heterocycles. The third-order valence-electron chi connectivity index (χ3n) is 3.07. The minimum Gasteiger partial charge on any atom is -0.465 e. The molecule has 0 bridgehead atoms. The average molecular weight is 302 g/mol. The number of rotatable bonds is 6. The van der Waals surface area contributed by atoms with E-state index in [1.165, 1.54) is 11.3 Å². The van der Waals surface area contributed by atoms with E-state index in [1.807, 2.05) is 30.3 Å². The molecule has 6 nitrogen and oxygen atoms in total. The fourth-order valence-corrected chi connectivity index (χ4v) is 2.02. The lowest BCUT2D eigenvalue weighted by Gasteiger charge is -2.21. The van der Waals surface area contributed by atoms with Crippen molar-refractivity contribution in [3.05, 3.63) is 53.7 Å². The third-order valence-corrected chi connectivity index (χ3v) is 3.07. The highest BCUT2D eigenvalue weighted by Crippen LogP contribution is 2.13. The van der Waals surface area contributed by atoms with Crippen molar-refractivity contribution in [2.45, 2.75) is 20.4 Å². The zero-order chi connectivity index (χ0) is 15.9. The Bertz CT molecular complexity index is 637. The number of aryl methyl sites for hydroxylation is 1. The molecule has 0 fully saturated rings. The van der Waals surface area contributed by atoms with Crippen LogP contribution in [0.2, 0.25) is 0 Å². The van der Waals surface area contributed by atoms with Gasteiger partial charge >= 0.3 is 5.97 Å². The highest BCUT2D eigenvalue weighted by Gasteiger charge is 2.24. The predicted octanol–water partition coefficient (Wildman–Crippen LogP) is 2.19. The van der Waals surface area contributed by atoms with E-state index in [0.717, 1.165) is 5.56 Å². The van der Waals surface area contributed by atoms with Gasteiger partial charge in [-0.3, -0.25) is 9.59 Å². The number of esters is 1. The number of aromatic nitrogens is 1. The van der Waals surface area contributed by atoms with E-state index >= 15 is 0 Å². The Balaban J connectivity index is 2.19. The van der Waals surface area contributed by atoms with Crippen LogP contribution in [0.4, 0.5) is 0 Å². The highest BCUT2D eigenvalue weighted by molar-refractivity contribution is 5.94. The Morgan fingerprint density at radius 1 is 1.27 bits per heavy atom. The second-order valence-electron chi connectivity index (χ2n) is 4.72. The number of carbonyl (C=O) groups excluding carboxylic acids is 2. The smallest absolute Gasteiger partial charge is 0.325 e. The summed E-state index contributed by atoms with van der Waals surface area (Å²) in [6.07, 6.45) is 1.22. The third kappa shape index (κ3) is 3.94. The Morgan fingerprint density at radius 3 is 2.59 bits per heavy atom. The zero-order valence-corrected chi connectivity index (χ0v) is 12.6. The first-order chi connectivity index (χ1) is 10.6. The Hall–Kier alpha value is -2.63. The molecule has 0 aliphatic heterocycles. The van der Waals surface area contributed by atoms with Crippen molar-refractivity contribution < 1.29 is 18.7 Å². The normalized spacial score (nSPS) is 10.3. The molecule has 0 saturated heterocycles. The van der Waals surface area contributed by atoms with Crippen molar-refractivity contribution in [2.75, 3.05) is 13.2 Å². The summed E-state index contributed by atoms with van der Waals surface area (Å²) in [4.78, 5) is 29.6. The lowest BCUT2D eigenvalue weighted by atomic mass is 10.2. The van der Waals surface area contributed by atoms with Crippen molar-refractivity contribution in [3.63, 3.8) is 0 Å². The first-order valence-corrected chi connectivity index (χ1v) is 7.00. The van der Waals surface area contributed by atoms with Crippen LogP contribution < -0.4 is 0 Å². The molecule has 6 heteroatoms. The highest BCUT2D eigenvalue weighted by atomic mass is 16.5. The summed E-state index contributed by atoms with van der Waals surface area (Å²) in [6, 6.07) is 9.42. The fourth-order valence-electron chi connectivity index (χ4n) is 2.02. The number of hydrogen-bond donors (Lipinski definition) is 0. The average Bonchev–Trinajstić information content (AvgIpc) is 2.93. The molecule has 0 saturated carbocycles. The molecule has 0 aliphatic rings. The molecule has 2 aromatic rings. The second-order valence-corrected chi connectivity index (χ2v) is 4.72. The maximum absolute atomic E-state index is 12.6. The molecule has 0 unspecified atom stereocenters. The number of amides is 1. The van der Waals surface area contributed by atoms with Crippen LogP contribution in [-0.4, -0.2) is 34.9 Å². The van der Waals surface area contributed by atoms with Crippen LogP contribution in [0.5, 0.6) is 0 Å². The standard InChI is InChI=1S/C16H18N2O4/c1-3-21-14(19)10-18(9-13-7-5-4-6-8-13)16(20)15-12(2)17-11-22-15/h4-8,11H,3,9-10H2,1-2H3. The lowest BCUT2D eigenvalue weighted by molar-refractivity contribution is -0.144. The maximum atomic E-state index is 12.6. The van der Waals surface area contributed by atoms with E-state index in [4.69, 9.17) is 9.15 Å². The topological polar surface area (TPSA) is 72.6 Å². The van der Waals surface area contributed by atoms with Crippen molar-refractivity contribution in [1.82, 2.24) is 9.88 Å². The summed E-state index contributed by atoms with van der Waals surface area (Å²) >= 11 is 0. The van der Waals surface area contributed by atoms with Gasteiger partial charge in [-0.05, 0) is 19.4 Å². The van der Waals surface area contributed by atoms with Gasteiger partial charge in [-0.1, -0.05) is 30.3 Å². The number of nitrogens with zero attached hydrogens (tertiary/aromatic N) is 2. The van der Waals surface area contributed by atoms with Gasteiger partial charge < -0.3 is 14.1 Å². The van der Waals surface area contributed by atoms with Gasteiger partial charge in [-0.25, -0.2) is 4.98 Å². The molecule has 0 radical (unpaired) electrons. The summed E-state index contributed by atoms with van der Waals surface area (Å²) in [5, 5.41) is 0. The molecule has 0 atom stereocenters. The fraction of sp³-hybridized carbons (Fsp3) is 0.312. The molecular formula is C16H18N2O4. The van der Waals surface area contributed by atoms with Gasteiger partial charge in [0.1, 0.15) is 6.54 Å². The summed E-state index contributed by atoms with van der Waals surface area (Å²) in [6.45, 7) is 3.83. The van der Waals surface area contributed by atoms with Gasteiger partial charge in [-0.15, -0.1) is 0 Å². The molecule has 0 aliphatic carbocycles. The largest absolute Gasteiger partial charge is 0.465 e. The molecule has 22 heavy (non-hydrogen) atoms. The first-order valence-electron chi connectivity index (χ1n) is 7.00. The number of carbonyl (C=O) groups is 2. The molecule has 1 amide bonds. The van der Waals surface area contributed by atoms with Gasteiger partial charge in [0.25, 0.3) is 5.91 Å². The van der Waals surface area contributed by atoms with E-state index in [-0.39, 0.29) is 24.8 Å². The summed E-state index contributed by atoms with van der Waals surface area (Å²) in [5.74, 6) is -0.698. The van der Waals surface area contributed by atoms with Crippen LogP contribution in [-0.2, 0) is 16.1 Å². The number of hydrogen-bond acceptors (Lipinski definition) is 5. The van der Waals surface area contributed by atoms with Crippen LogP contribution in [0.3, 0.4) is 0 Å². The van der Waals surface area contributed by atoms with E-state index in [0.29, 0.717) is 12.2 Å². The van der Waals surface area contributed by atoms with Gasteiger partial charge in [-0.2, -0.15) is 0 Å². The van der Waals surface area contributed by atoms with Gasteiger partial charge in [0, 0.05) is 6.54 Å². The Kier molecular flexibility index (Phi) is 5.30. The number of benzene rings is 1. The minimum atomic E-state index is -0.455. The van der Waals surface area contributed by atoms with Gasteiger partial charge in [0.2, 0.25) is 5.76 Å². The monoisotopic (exact) mass is 302 g/mol. The van der Waals surface area contributed by atoms with Crippen molar-refractivity contribution in [2.24, 2.45) is 0 Å². The lowest BCUT2D eigenvalue weighted by Crippen LogP contribution is -2.36. The summed E-state index contributed by atoms with van der Waals surface area (Å²) < 4.78 is 10.1. The van der Waals surface area contributed by atoms with Crippen LogP contribution in [0.25, 0.3) is 0 Å². The molecule has 0 spiro atoms. The van der Waals surface area contributed by atoms with Gasteiger partial charge in [0.15, 0.2) is 6.39 Å². The van der Waals surface area contributed by atoms with Crippen LogP contribution in [0.1, 0.15) is 28.7 Å². The SMILES string of the molecule is CCOC(=O)CN(Cc1ccccc1)C(=O)c1ocnc1C. The van der Waals surface area contributed by atoms with E-state index in [2.05, 4.69) is 4.98 Å².